The minimum absolute atomic E-state index is 0.0392. The SMILES string of the molecule is CC(CO)CNC(=O)Cc1ccc(Cl)cc1. The largest absolute Gasteiger partial charge is 0.396 e. The van der Waals surface area contributed by atoms with E-state index in [9.17, 15) is 4.79 Å². The maximum Gasteiger partial charge on any atom is 0.224 e. The van der Waals surface area contributed by atoms with Crippen molar-refractivity contribution >= 4 is 17.5 Å². The van der Waals surface area contributed by atoms with Gasteiger partial charge in [0.25, 0.3) is 0 Å². The summed E-state index contributed by atoms with van der Waals surface area (Å²) in [5.41, 5.74) is 0.929. The number of amides is 1. The zero-order chi connectivity index (χ0) is 12.0. The van der Waals surface area contributed by atoms with Crippen LogP contribution in [0.1, 0.15) is 12.5 Å². The van der Waals surface area contributed by atoms with Crippen molar-refractivity contribution in [3.8, 4) is 0 Å². The maximum atomic E-state index is 11.5. The Kier molecular flexibility index (Phi) is 5.29. The molecule has 1 amide bonds. The molecule has 0 aliphatic heterocycles. The van der Waals surface area contributed by atoms with Crippen LogP contribution < -0.4 is 5.32 Å². The number of hydrogen-bond acceptors (Lipinski definition) is 2. The third-order valence-electron chi connectivity index (χ3n) is 2.24. The van der Waals surface area contributed by atoms with Gasteiger partial charge in [-0.25, -0.2) is 0 Å². The van der Waals surface area contributed by atoms with E-state index in [4.69, 9.17) is 16.7 Å². The van der Waals surface area contributed by atoms with Crippen molar-refractivity contribution in [2.24, 2.45) is 5.92 Å². The summed E-state index contributed by atoms with van der Waals surface area (Å²) in [7, 11) is 0. The summed E-state index contributed by atoms with van der Waals surface area (Å²) >= 11 is 5.74. The Morgan fingerprint density at radius 1 is 1.44 bits per heavy atom. The quantitative estimate of drug-likeness (QED) is 0.823. The van der Waals surface area contributed by atoms with E-state index < -0.39 is 0 Å². The maximum absolute atomic E-state index is 11.5. The highest BCUT2D eigenvalue weighted by molar-refractivity contribution is 6.30. The monoisotopic (exact) mass is 241 g/mol. The molecule has 0 aliphatic rings. The molecule has 1 unspecified atom stereocenters. The summed E-state index contributed by atoms with van der Waals surface area (Å²) in [6, 6.07) is 7.19. The lowest BCUT2D eigenvalue weighted by Crippen LogP contribution is -2.30. The molecular weight excluding hydrogens is 226 g/mol. The fourth-order valence-corrected chi connectivity index (χ4v) is 1.33. The zero-order valence-corrected chi connectivity index (χ0v) is 10.00. The molecule has 3 nitrogen and oxygen atoms in total. The van der Waals surface area contributed by atoms with Crippen molar-refractivity contribution in [3.63, 3.8) is 0 Å². The average molecular weight is 242 g/mol. The molecule has 2 N–H and O–H groups in total. The number of aliphatic hydroxyl groups is 1. The molecule has 0 bridgehead atoms. The Hall–Kier alpha value is -1.06. The summed E-state index contributed by atoms with van der Waals surface area (Å²) in [6.07, 6.45) is 0.343. The van der Waals surface area contributed by atoms with E-state index in [0.717, 1.165) is 5.56 Å². The van der Waals surface area contributed by atoms with Gasteiger partial charge in [0.1, 0.15) is 0 Å². The van der Waals surface area contributed by atoms with Crippen LogP contribution in [0, 0.1) is 5.92 Å². The topological polar surface area (TPSA) is 49.3 Å². The molecule has 4 heteroatoms. The summed E-state index contributed by atoms with van der Waals surface area (Å²) in [4.78, 5) is 11.5. The molecular formula is C12H16ClNO2. The number of rotatable bonds is 5. The standard InChI is InChI=1S/C12H16ClNO2/c1-9(8-15)7-14-12(16)6-10-2-4-11(13)5-3-10/h2-5,9,15H,6-8H2,1H3,(H,14,16). The van der Waals surface area contributed by atoms with Gasteiger partial charge < -0.3 is 10.4 Å². The predicted molar refractivity (Wildman–Crippen MR) is 64.4 cm³/mol. The molecule has 16 heavy (non-hydrogen) atoms. The van der Waals surface area contributed by atoms with E-state index in [-0.39, 0.29) is 18.4 Å². The molecule has 0 aromatic heterocycles. The van der Waals surface area contributed by atoms with Crippen molar-refractivity contribution in [2.45, 2.75) is 13.3 Å². The molecule has 0 spiro atoms. The number of aliphatic hydroxyl groups excluding tert-OH is 1. The highest BCUT2D eigenvalue weighted by Crippen LogP contribution is 2.09. The van der Waals surface area contributed by atoms with Crippen LogP contribution in [-0.4, -0.2) is 24.2 Å². The molecule has 0 aliphatic carbocycles. The van der Waals surface area contributed by atoms with E-state index in [1.807, 2.05) is 19.1 Å². The molecule has 88 valence electrons. The lowest BCUT2D eigenvalue weighted by atomic mass is 10.1. The third kappa shape index (κ3) is 4.64. The molecule has 0 saturated carbocycles. The summed E-state index contributed by atoms with van der Waals surface area (Å²) in [5, 5.41) is 12.2. The first-order valence-electron chi connectivity index (χ1n) is 5.24. The summed E-state index contributed by atoms with van der Waals surface area (Å²) in [6.45, 7) is 2.46. The van der Waals surface area contributed by atoms with Crippen molar-refractivity contribution in [1.82, 2.24) is 5.32 Å². The number of benzene rings is 1. The Bertz CT molecular complexity index is 337. The highest BCUT2D eigenvalue weighted by Gasteiger charge is 2.05. The molecule has 1 aromatic carbocycles. The lowest BCUT2D eigenvalue weighted by Gasteiger charge is -2.09. The average Bonchev–Trinajstić information content (AvgIpc) is 2.29. The van der Waals surface area contributed by atoms with Gasteiger partial charge in [-0.2, -0.15) is 0 Å². The fourth-order valence-electron chi connectivity index (χ4n) is 1.20. The highest BCUT2D eigenvalue weighted by atomic mass is 35.5. The Labute approximate surface area is 100 Å². The van der Waals surface area contributed by atoms with Crippen LogP contribution in [0.5, 0.6) is 0 Å². The summed E-state index contributed by atoms with van der Waals surface area (Å²) < 4.78 is 0. The molecule has 1 aromatic rings. The molecule has 0 radical (unpaired) electrons. The molecule has 0 fully saturated rings. The van der Waals surface area contributed by atoms with Gasteiger partial charge in [0, 0.05) is 18.2 Å². The molecule has 1 rings (SSSR count). The van der Waals surface area contributed by atoms with Crippen LogP contribution in [0.25, 0.3) is 0 Å². The van der Waals surface area contributed by atoms with Gasteiger partial charge in [0.05, 0.1) is 6.42 Å². The first-order valence-corrected chi connectivity index (χ1v) is 5.61. The normalized spacial score (nSPS) is 12.2. The van der Waals surface area contributed by atoms with Gasteiger partial charge in [0.2, 0.25) is 5.91 Å². The van der Waals surface area contributed by atoms with Gasteiger partial charge >= 0.3 is 0 Å². The molecule has 1 atom stereocenters. The van der Waals surface area contributed by atoms with E-state index >= 15 is 0 Å². The fraction of sp³-hybridized carbons (Fsp3) is 0.417. The van der Waals surface area contributed by atoms with E-state index in [2.05, 4.69) is 5.32 Å². The Morgan fingerprint density at radius 2 is 2.06 bits per heavy atom. The van der Waals surface area contributed by atoms with Gasteiger partial charge in [0.15, 0.2) is 0 Å². The van der Waals surface area contributed by atoms with Crippen molar-refractivity contribution in [3.05, 3.63) is 34.9 Å². The second kappa shape index (κ2) is 6.51. The van der Waals surface area contributed by atoms with Crippen LogP contribution >= 0.6 is 11.6 Å². The van der Waals surface area contributed by atoms with Gasteiger partial charge in [-0.1, -0.05) is 30.7 Å². The Morgan fingerprint density at radius 3 is 2.62 bits per heavy atom. The van der Waals surface area contributed by atoms with Crippen LogP contribution in [0.15, 0.2) is 24.3 Å². The van der Waals surface area contributed by atoms with Crippen molar-refractivity contribution in [1.29, 1.82) is 0 Å². The second-order valence-corrected chi connectivity index (χ2v) is 4.33. The van der Waals surface area contributed by atoms with Gasteiger partial charge in [-0.05, 0) is 23.6 Å². The number of nitrogens with one attached hydrogen (secondary N) is 1. The number of halogens is 1. The third-order valence-corrected chi connectivity index (χ3v) is 2.49. The van der Waals surface area contributed by atoms with Gasteiger partial charge in [-0.3, -0.25) is 4.79 Å². The first kappa shape index (κ1) is 13.0. The number of carbonyl (C=O) groups excluding carboxylic acids is 1. The minimum Gasteiger partial charge on any atom is -0.396 e. The first-order chi connectivity index (χ1) is 7.61. The smallest absolute Gasteiger partial charge is 0.224 e. The van der Waals surface area contributed by atoms with Crippen LogP contribution in [0.2, 0.25) is 5.02 Å². The van der Waals surface area contributed by atoms with Crippen molar-refractivity contribution in [2.75, 3.05) is 13.2 Å². The van der Waals surface area contributed by atoms with Crippen LogP contribution in [0.3, 0.4) is 0 Å². The van der Waals surface area contributed by atoms with Crippen molar-refractivity contribution < 1.29 is 9.90 Å². The van der Waals surface area contributed by atoms with Crippen LogP contribution in [0.4, 0.5) is 0 Å². The van der Waals surface area contributed by atoms with Gasteiger partial charge in [-0.15, -0.1) is 0 Å². The van der Waals surface area contributed by atoms with Crippen LogP contribution in [-0.2, 0) is 11.2 Å². The molecule has 0 heterocycles. The van der Waals surface area contributed by atoms with E-state index in [1.54, 1.807) is 12.1 Å². The zero-order valence-electron chi connectivity index (χ0n) is 9.24. The van der Waals surface area contributed by atoms with E-state index in [0.29, 0.717) is 18.0 Å². The Balaban J connectivity index is 2.37. The predicted octanol–water partition coefficient (Wildman–Crippen LogP) is 1.63. The lowest BCUT2D eigenvalue weighted by molar-refractivity contribution is -0.120. The molecule has 0 saturated heterocycles. The summed E-state index contributed by atoms with van der Waals surface area (Å²) in [5.74, 6) is 0.0526. The number of carbonyl (C=O) groups is 1. The minimum atomic E-state index is -0.0392. The second-order valence-electron chi connectivity index (χ2n) is 3.90. The van der Waals surface area contributed by atoms with E-state index in [1.165, 1.54) is 0 Å². The number of hydrogen-bond donors (Lipinski definition) is 2.